The lowest BCUT2D eigenvalue weighted by atomic mass is 10.1. The lowest BCUT2D eigenvalue weighted by molar-refractivity contribution is -0.115. The highest BCUT2D eigenvalue weighted by molar-refractivity contribution is 7.88. The van der Waals surface area contributed by atoms with Gasteiger partial charge < -0.3 is 5.32 Å². The second kappa shape index (κ2) is 7.79. The summed E-state index contributed by atoms with van der Waals surface area (Å²) in [7, 11) is -3.62. The van der Waals surface area contributed by atoms with Crippen molar-refractivity contribution in [3.8, 4) is 0 Å². The minimum absolute atomic E-state index is 0.201. The Labute approximate surface area is 147 Å². The molecule has 0 aliphatic rings. The summed E-state index contributed by atoms with van der Waals surface area (Å²) in [6.07, 6.45) is 0. The summed E-state index contributed by atoms with van der Waals surface area (Å²) >= 11 is 5.86. The molecule has 0 aliphatic carbocycles. The summed E-state index contributed by atoms with van der Waals surface area (Å²) in [4.78, 5) is 11.9. The molecule has 0 bridgehead atoms. The fraction of sp³-hybridized carbons (Fsp3) is 0.235. The standard InChI is InChI=1S/C17H19ClN2O3S/c1-12-4-3-5-16(8-12)20-17(21)10-19-24(22,23)11-14-6-7-15(18)9-13(14)2/h3-9,19H,10-11H2,1-2H3,(H,20,21). The molecule has 0 unspecified atom stereocenters. The van der Waals surface area contributed by atoms with Crippen LogP contribution in [0.25, 0.3) is 0 Å². The van der Waals surface area contributed by atoms with E-state index in [0.717, 1.165) is 11.1 Å². The number of anilines is 1. The van der Waals surface area contributed by atoms with E-state index in [1.54, 1.807) is 31.2 Å². The molecule has 0 saturated carbocycles. The van der Waals surface area contributed by atoms with Crippen molar-refractivity contribution < 1.29 is 13.2 Å². The predicted octanol–water partition coefficient (Wildman–Crippen LogP) is 3.01. The average Bonchev–Trinajstić information content (AvgIpc) is 2.48. The molecule has 0 radical (unpaired) electrons. The maximum absolute atomic E-state index is 12.1. The van der Waals surface area contributed by atoms with Crippen LogP contribution >= 0.6 is 11.6 Å². The number of rotatable bonds is 6. The summed E-state index contributed by atoms with van der Waals surface area (Å²) in [5, 5.41) is 3.21. The van der Waals surface area contributed by atoms with Gasteiger partial charge in [-0.1, -0.05) is 29.8 Å². The molecule has 0 heterocycles. The van der Waals surface area contributed by atoms with Crippen molar-refractivity contribution in [3.63, 3.8) is 0 Å². The minimum Gasteiger partial charge on any atom is -0.325 e. The Morgan fingerprint density at radius 3 is 2.54 bits per heavy atom. The Hall–Kier alpha value is -1.89. The van der Waals surface area contributed by atoms with Gasteiger partial charge in [0.15, 0.2) is 0 Å². The van der Waals surface area contributed by atoms with Gasteiger partial charge in [-0.2, -0.15) is 0 Å². The fourth-order valence-electron chi connectivity index (χ4n) is 2.18. The Morgan fingerprint density at radius 1 is 1.12 bits per heavy atom. The third-order valence-electron chi connectivity index (χ3n) is 3.40. The molecule has 2 aromatic rings. The smallest absolute Gasteiger partial charge is 0.239 e. The molecule has 0 aromatic heterocycles. The molecule has 0 saturated heterocycles. The van der Waals surface area contributed by atoms with E-state index >= 15 is 0 Å². The van der Waals surface area contributed by atoms with Gasteiger partial charge in [0, 0.05) is 10.7 Å². The number of hydrogen-bond acceptors (Lipinski definition) is 3. The van der Waals surface area contributed by atoms with E-state index in [-0.39, 0.29) is 12.3 Å². The Morgan fingerprint density at radius 2 is 1.88 bits per heavy atom. The molecular weight excluding hydrogens is 348 g/mol. The molecule has 5 nitrogen and oxygen atoms in total. The minimum atomic E-state index is -3.62. The molecule has 7 heteroatoms. The van der Waals surface area contributed by atoms with E-state index in [1.165, 1.54) is 0 Å². The number of carbonyl (C=O) groups excluding carboxylic acids is 1. The molecule has 128 valence electrons. The highest BCUT2D eigenvalue weighted by atomic mass is 35.5. The molecule has 2 N–H and O–H groups in total. The van der Waals surface area contributed by atoms with Gasteiger partial charge in [-0.25, -0.2) is 13.1 Å². The van der Waals surface area contributed by atoms with Crippen molar-refractivity contribution in [1.29, 1.82) is 0 Å². The third-order valence-corrected chi connectivity index (χ3v) is 4.91. The number of benzene rings is 2. The monoisotopic (exact) mass is 366 g/mol. The van der Waals surface area contributed by atoms with Gasteiger partial charge in [0.25, 0.3) is 0 Å². The van der Waals surface area contributed by atoms with Crippen LogP contribution in [0.15, 0.2) is 42.5 Å². The van der Waals surface area contributed by atoms with E-state index in [9.17, 15) is 13.2 Å². The maximum atomic E-state index is 12.1. The molecule has 0 fully saturated rings. The van der Waals surface area contributed by atoms with E-state index in [0.29, 0.717) is 16.3 Å². The lowest BCUT2D eigenvalue weighted by Crippen LogP contribution is -2.33. The van der Waals surface area contributed by atoms with Gasteiger partial charge in [0.2, 0.25) is 15.9 Å². The Bertz CT molecular complexity index is 851. The van der Waals surface area contributed by atoms with Gasteiger partial charge in [0.05, 0.1) is 12.3 Å². The maximum Gasteiger partial charge on any atom is 0.239 e. The first kappa shape index (κ1) is 18.4. The van der Waals surface area contributed by atoms with Crippen molar-refractivity contribution >= 4 is 33.2 Å². The summed E-state index contributed by atoms with van der Waals surface area (Å²) in [6, 6.07) is 12.3. The van der Waals surface area contributed by atoms with Crippen LogP contribution in [0.3, 0.4) is 0 Å². The number of carbonyl (C=O) groups is 1. The van der Waals surface area contributed by atoms with Crippen LogP contribution in [0.4, 0.5) is 5.69 Å². The largest absolute Gasteiger partial charge is 0.325 e. The Kier molecular flexibility index (Phi) is 5.99. The number of hydrogen-bond donors (Lipinski definition) is 2. The molecule has 2 aromatic carbocycles. The number of sulfonamides is 1. The third kappa shape index (κ3) is 5.63. The number of aryl methyl sites for hydroxylation is 2. The second-order valence-corrected chi connectivity index (χ2v) is 7.81. The molecule has 2 rings (SSSR count). The zero-order valence-electron chi connectivity index (χ0n) is 13.5. The summed E-state index contributed by atoms with van der Waals surface area (Å²) in [5.41, 5.74) is 3.07. The number of amides is 1. The summed E-state index contributed by atoms with van der Waals surface area (Å²) < 4.78 is 26.6. The van der Waals surface area contributed by atoms with Crippen molar-refractivity contribution in [2.45, 2.75) is 19.6 Å². The first-order chi connectivity index (χ1) is 11.2. The van der Waals surface area contributed by atoms with E-state index < -0.39 is 15.9 Å². The second-order valence-electron chi connectivity index (χ2n) is 5.57. The number of halogens is 1. The summed E-state index contributed by atoms with van der Waals surface area (Å²) in [5.74, 6) is -0.620. The molecule has 0 atom stereocenters. The number of nitrogens with one attached hydrogen (secondary N) is 2. The van der Waals surface area contributed by atoms with Gasteiger partial charge in [-0.3, -0.25) is 4.79 Å². The average molecular weight is 367 g/mol. The van der Waals surface area contributed by atoms with Gasteiger partial charge in [-0.05, 0) is 54.8 Å². The topological polar surface area (TPSA) is 75.3 Å². The normalized spacial score (nSPS) is 11.3. The van der Waals surface area contributed by atoms with Crippen molar-refractivity contribution in [2.75, 3.05) is 11.9 Å². The van der Waals surface area contributed by atoms with Crippen molar-refractivity contribution in [2.24, 2.45) is 0 Å². The molecule has 24 heavy (non-hydrogen) atoms. The molecule has 0 aliphatic heterocycles. The Balaban J connectivity index is 1.93. The van der Waals surface area contributed by atoms with Crippen LogP contribution < -0.4 is 10.0 Å². The van der Waals surface area contributed by atoms with E-state index in [1.807, 2.05) is 25.1 Å². The van der Waals surface area contributed by atoms with Crippen LogP contribution in [0.1, 0.15) is 16.7 Å². The first-order valence-corrected chi connectivity index (χ1v) is 9.37. The van der Waals surface area contributed by atoms with Crippen LogP contribution in [0.5, 0.6) is 0 Å². The van der Waals surface area contributed by atoms with E-state index in [4.69, 9.17) is 11.6 Å². The zero-order valence-corrected chi connectivity index (χ0v) is 15.0. The molecule has 0 spiro atoms. The van der Waals surface area contributed by atoms with Crippen molar-refractivity contribution in [1.82, 2.24) is 4.72 Å². The lowest BCUT2D eigenvalue weighted by Gasteiger charge is -2.10. The van der Waals surface area contributed by atoms with Crippen LogP contribution in [-0.4, -0.2) is 20.9 Å². The van der Waals surface area contributed by atoms with Crippen molar-refractivity contribution in [3.05, 3.63) is 64.2 Å². The van der Waals surface area contributed by atoms with Crippen LogP contribution in [-0.2, 0) is 20.6 Å². The summed E-state index contributed by atoms with van der Waals surface area (Å²) in [6.45, 7) is 3.39. The highest BCUT2D eigenvalue weighted by Gasteiger charge is 2.15. The first-order valence-electron chi connectivity index (χ1n) is 7.34. The molecule has 1 amide bonds. The molecular formula is C17H19ClN2O3S. The van der Waals surface area contributed by atoms with Crippen LogP contribution in [0, 0.1) is 13.8 Å². The predicted molar refractivity (Wildman–Crippen MR) is 96.6 cm³/mol. The quantitative estimate of drug-likeness (QED) is 0.825. The van der Waals surface area contributed by atoms with E-state index in [2.05, 4.69) is 10.0 Å². The highest BCUT2D eigenvalue weighted by Crippen LogP contribution is 2.17. The fourth-order valence-corrected chi connectivity index (χ4v) is 3.59. The zero-order chi connectivity index (χ0) is 17.7. The van der Waals surface area contributed by atoms with Gasteiger partial charge in [-0.15, -0.1) is 0 Å². The van der Waals surface area contributed by atoms with Gasteiger partial charge in [0.1, 0.15) is 0 Å². The SMILES string of the molecule is Cc1cccc(NC(=O)CNS(=O)(=O)Cc2ccc(Cl)cc2C)c1. The van der Waals surface area contributed by atoms with Crippen LogP contribution in [0.2, 0.25) is 5.02 Å². The van der Waals surface area contributed by atoms with Gasteiger partial charge >= 0.3 is 0 Å².